The number of aromatic nitrogens is 2. The van der Waals surface area contributed by atoms with Crippen molar-refractivity contribution in [3.63, 3.8) is 0 Å². The summed E-state index contributed by atoms with van der Waals surface area (Å²) in [7, 11) is 17.5. The molecular weight excluding hydrogens is 360 g/mol. The van der Waals surface area contributed by atoms with Crippen molar-refractivity contribution in [2.75, 3.05) is 0 Å². The molecule has 0 bridgehead atoms. The molecule has 0 unspecified atom stereocenters. The van der Waals surface area contributed by atoms with Gasteiger partial charge in [-0.25, -0.2) is 4.39 Å². The minimum absolute atomic E-state index is 0.134. The van der Waals surface area contributed by atoms with E-state index in [9.17, 15) is 4.39 Å². The van der Waals surface area contributed by atoms with Crippen LogP contribution in [0.3, 0.4) is 0 Å². The molecule has 8 heteroatoms. The summed E-state index contributed by atoms with van der Waals surface area (Å²) < 4.78 is 17.6. The molecule has 1 aromatic carbocycles. The standard InChI is InChI=1S/C14H9B3BrFN2S/c15-14(16,17)11-10-8-4-13(8,5-21(10)12(22)20-11)7-3-6(18)1-2-9(7)19/h1-3,8H,4-5H2,(H,20,22)/t8-,13+/m0/s1. The van der Waals surface area contributed by atoms with Gasteiger partial charge in [-0.1, -0.05) is 21.0 Å². The van der Waals surface area contributed by atoms with Crippen LogP contribution in [0.2, 0.25) is 0 Å². The van der Waals surface area contributed by atoms with E-state index in [0.717, 1.165) is 16.6 Å². The first-order valence-corrected chi connectivity index (χ1v) is 8.09. The van der Waals surface area contributed by atoms with Crippen LogP contribution in [-0.4, -0.2) is 33.1 Å². The first-order valence-electron chi connectivity index (χ1n) is 6.89. The van der Waals surface area contributed by atoms with E-state index < -0.39 is 5.11 Å². The van der Waals surface area contributed by atoms with Crippen molar-refractivity contribution in [2.24, 2.45) is 0 Å². The molecule has 0 amide bonds. The van der Waals surface area contributed by atoms with E-state index in [1.54, 1.807) is 6.07 Å². The Bertz CT molecular complexity index is 857. The fourth-order valence-electron chi connectivity index (χ4n) is 3.71. The Kier molecular flexibility index (Phi) is 2.97. The van der Waals surface area contributed by atoms with Crippen molar-refractivity contribution in [1.82, 2.24) is 9.55 Å². The molecule has 2 aliphatic rings. The molecule has 2 nitrogen and oxygen atoms in total. The first kappa shape index (κ1) is 14.8. The third kappa shape index (κ3) is 1.89. The summed E-state index contributed by atoms with van der Waals surface area (Å²) >= 11 is 8.75. The molecule has 1 saturated carbocycles. The second kappa shape index (κ2) is 4.41. The summed E-state index contributed by atoms with van der Waals surface area (Å²) in [4.78, 5) is 3.01. The number of aromatic amines is 1. The third-order valence-corrected chi connectivity index (χ3v) is 5.58. The summed E-state index contributed by atoms with van der Waals surface area (Å²) in [6.45, 7) is 0.617. The van der Waals surface area contributed by atoms with Crippen molar-refractivity contribution < 1.29 is 4.39 Å². The number of hydrogen-bond acceptors (Lipinski definition) is 1. The highest BCUT2D eigenvalue weighted by atomic mass is 79.9. The second-order valence-corrected chi connectivity index (χ2v) is 7.55. The minimum atomic E-state index is -1.48. The molecule has 1 N–H and O–H groups in total. The van der Waals surface area contributed by atoms with Gasteiger partial charge in [-0.15, -0.1) is 0 Å². The molecule has 22 heavy (non-hydrogen) atoms. The molecule has 1 aromatic heterocycles. The number of nitrogens with zero attached hydrogens (tertiary/aromatic N) is 1. The number of H-pyrrole nitrogens is 1. The summed E-state index contributed by atoms with van der Waals surface area (Å²) in [6.07, 6.45) is 0.843. The zero-order valence-corrected chi connectivity index (χ0v) is 14.0. The van der Waals surface area contributed by atoms with Crippen molar-refractivity contribution >= 4 is 51.7 Å². The molecular formula is C14H9B3BrFN2S. The van der Waals surface area contributed by atoms with Crippen LogP contribution < -0.4 is 0 Å². The van der Waals surface area contributed by atoms with E-state index in [2.05, 4.69) is 20.9 Å². The van der Waals surface area contributed by atoms with E-state index in [-0.39, 0.29) is 17.2 Å². The van der Waals surface area contributed by atoms with Gasteiger partial charge in [0.2, 0.25) is 0 Å². The lowest BCUT2D eigenvalue weighted by Gasteiger charge is -2.20. The summed E-state index contributed by atoms with van der Waals surface area (Å²) in [5, 5.41) is -1.48. The Morgan fingerprint density at radius 3 is 2.82 bits per heavy atom. The molecule has 2 atom stereocenters. The quantitative estimate of drug-likeness (QED) is 0.638. The van der Waals surface area contributed by atoms with Crippen LogP contribution in [-0.2, 0) is 17.1 Å². The van der Waals surface area contributed by atoms with Crippen molar-refractivity contribution in [1.29, 1.82) is 0 Å². The predicted octanol–water partition coefficient (Wildman–Crippen LogP) is 2.50. The Labute approximate surface area is 145 Å². The molecule has 1 aliphatic heterocycles. The Balaban J connectivity index is 1.86. The van der Waals surface area contributed by atoms with Gasteiger partial charge >= 0.3 is 0 Å². The number of fused-ring (bicyclic) bond motifs is 3. The Morgan fingerprint density at radius 2 is 2.14 bits per heavy atom. The van der Waals surface area contributed by atoms with Crippen LogP contribution in [0, 0.1) is 10.6 Å². The van der Waals surface area contributed by atoms with Gasteiger partial charge < -0.3 is 9.55 Å². The molecule has 0 spiro atoms. The van der Waals surface area contributed by atoms with Crippen molar-refractivity contribution in [3.05, 3.63) is 50.2 Å². The highest BCUT2D eigenvalue weighted by Gasteiger charge is 2.63. The smallest absolute Gasteiger partial charge is 0.177 e. The summed E-state index contributed by atoms with van der Waals surface area (Å²) in [6, 6.07) is 5.03. The number of imidazole rings is 1. The predicted molar refractivity (Wildman–Crippen MR) is 91.7 cm³/mol. The van der Waals surface area contributed by atoms with Crippen LogP contribution in [0.5, 0.6) is 0 Å². The second-order valence-electron chi connectivity index (χ2n) is 6.25. The number of hydrogen-bond donors (Lipinski definition) is 1. The molecule has 104 valence electrons. The molecule has 1 fully saturated rings. The maximum absolute atomic E-state index is 14.3. The SMILES string of the molecule is [B]C([B])([B])c1[nH]c(=S)n2c1[C@@H]1C[C@]1(c1cc(Br)ccc1F)C2. The maximum atomic E-state index is 14.3. The van der Waals surface area contributed by atoms with Gasteiger partial charge in [0.05, 0.1) is 23.5 Å². The largest absolute Gasteiger partial charge is 0.336 e. The van der Waals surface area contributed by atoms with Gasteiger partial charge in [0.1, 0.15) is 5.82 Å². The van der Waals surface area contributed by atoms with Crippen LogP contribution in [0.4, 0.5) is 4.39 Å². The summed E-state index contributed by atoms with van der Waals surface area (Å²) in [5.74, 6) is -0.0679. The summed E-state index contributed by atoms with van der Waals surface area (Å²) in [5.41, 5.74) is 1.88. The number of halogens is 2. The van der Waals surface area contributed by atoms with Crippen LogP contribution in [0.25, 0.3) is 0 Å². The topological polar surface area (TPSA) is 20.7 Å². The van der Waals surface area contributed by atoms with Crippen LogP contribution >= 0.6 is 28.1 Å². The highest BCUT2D eigenvalue weighted by molar-refractivity contribution is 9.10. The van der Waals surface area contributed by atoms with Gasteiger partial charge in [0.25, 0.3) is 0 Å². The van der Waals surface area contributed by atoms with Crippen LogP contribution in [0.1, 0.15) is 29.3 Å². The lowest BCUT2D eigenvalue weighted by molar-refractivity contribution is 0.530. The third-order valence-electron chi connectivity index (χ3n) is 4.77. The zero-order valence-electron chi connectivity index (χ0n) is 11.6. The van der Waals surface area contributed by atoms with Crippen molar-refractivity contribution in [3.8, 4) is 0 Å². The monoisotopic (exact) mass is 368 g/mol. The lowest BCUT2D eigenvalue weighted by Crippen LogP contribution is -2.29. The van der Waals surface area contributed by atoms with E-state index in [1.807, 2.05) is 10.6 Å². The zero-order chi connectivity index (χ0) is 15.9. The Hall–Kier alpha value is -0.745. The lowest BCUT2D eigenvalue weighted by atomic mass is 9.41. The minimum Gasteiger partial charge on any atom is -0.336 e. The molecule has 2 aromatic rings. The van der Waals surface area contributed by atoms with Crippen LogP contribution in [0.15, 0.2) is 22.7 Å². The van der Waals surface area contributed by atoms with E-state index in [1.165, 1.54) is 6.07 Å². The molecule has 2 heterocycles. The molecule has 0 saturated heterocycles. The maximum Gasteiger partial charge on any atom is 0.177 e. The van der Waals surface area contributed by atoms with Gasteiger partial charge in [-0.3, -0.25) is 0 Å². The normalized spacial score (nSPS) is 25.8. The van der Waals surface area contributed by atoms with E-state index in [0.29, 0.717) is 22.6 Å². The number of benzene rings is 1. The molecule has 6 radical (unpaired) electrons. The van der Waals surface area contributed by atoms with Gasteiger partial charge in [0.15, 0.2) is 4.77 Å². The first-order chi connectivity index (χ1) is 10.2. The fraction of sp³-hybridized carbons (Fsp3) is 0.357. The Morgan fingerprint density at radius 1 is 1.41 bits per heavy atom. The van der Waals surface area contributed by atoms with Gasteiger partial charge in [-0.05, 0) is 42.4 Å². The fourth-order valence-corrected chi connectivity index (χ4v) is 4.34. The van der Waals surface area contributed by atoms with Crippen molar-refractivity contribution in [2.45, 2.75) is 29.4 Å². The number of nitrogens with one attached hydrogen (secondary N) is 1. The highest BCUT2D eigenvalue weighted by Crippen LogP contribution is 2.66. The molecule has 4 rings (SSSR count). The van der Waals surface area contributed by atoms with E-state index in [4.69, 9.17) is 35.8 Å². The van der Waals surface area contributed by atoms with E-state index >= 15 is 0 Å². The van der Waals surface area contributed by atoms with Gasteiger partial charge in [0, 0.05) is 33.7 Å². The van der Waals surface area contributed by atoms with Gasteiger partial charge in [-0.2, -0.15) is 0 Å². The number of rotatable bonds is 2. The average molecular weight is 369 g/mol. The average Bonchev–Trinajstić information content (AvgIpc) is 2.90. The molecule has 1 aliphatic carbocycles.